The van der Waals surface area contributed by atoms with E-state index in [1.807, 2.05) is 28.9 Å². The number of nitrogens with zero attached hydrogens (tertiary/aromatic N) is 2. The molecule has 0 aliphatic rings. The van der Waals surface area contributed by atoms with Crippen LogP contribution in [0.5, 0.6) is 5.75 Å². The monoisotopic (exact) mass is 294 g/mol. The molecule has 1 heterocycles. The number of rotatable bonds is 3. The van der Waals surface area contributed by atoms with Crippen LogP contribution >= 0.6 is 15.9 Å². The van der Waals surface area contributed by atoms with E-state index in [-0.39, 0.29) is 0 Å². The van der Waals surface area contributed by atoms with Crippen molar-refractivity contribution in [2.45, 2.75) is 20.4 Å². The molecule has 0 unspecified atom stereocenters. The van der Waals surface area contributed by atoms with Gasteiger partial charge in [0.1, 0.15) is 11.4 Å². The molecule has 90 valence electrons. The molecule has 0 saturated heterocycles. The van der Waals surface area contributed by atoms with Crippen LogP contribution in [0.4, 0.5) is 0 Å². The molecule has 4 heteroatoms. The number of hydrogen-bond donors (Lipinski definition) is 0. The molecule has 2 aromatic rings. The maximum Gasteiger partial charge on any atom is 0.118 e. The van der Waals surface area contributed by atoms with Crippen molar-refractivity contribution in [1.29, 1.82) is 0 Å². The van der Waals surface area contributed by atoms with Crippen molar-refractivity contribution in [2.75, 3.05) is 7.11 Å². The van der Waals surface area contributed by atoms with Gasteiger partial charge in [-0.3, -0.25) is 4.68 Å². The molecule has 17 heavy (non-hydrogen) atoms. The van der Waals surface area contributed by atoms with E-state index < -0.39 is 0 Å². The molecule has 1 aromatic heterocycles. The van der Waals surface area contributed by atoms with E-state index >= 15 is 0 Å². The molecule has 0 atom stereocenters. The Morgan fingerprint density at radius 2 is 1.94 bits per heavy atom. The van der Waals surface area contributed by atoms with Crippen LogP contribution < -0.4 is 4.74 Å². The van der Waals surface area contributed by atoms with Gasteiger partial charge in [-0.15, -0.1) is 0 Å². The molecule has 0 aliphatic heterocycles. The summed E-state index contributed by atoms with van der Waals surface area (Å²) in [5, 5.41) is 4.58. The second-order valence-electron chi connectivity index (χ2n) is 3.79. The van der Waals surface area contributed by atoms with Gasteiger partial charge in [-0.2, -0.15) is 5.10 Å². The summed E-state index contributed by atoms with van der Waals surface area (Å²) in [6.45, 7) is 5.03. The SMILES string of the molecule is CCn1nc(-c2ccc(OC)cc2)c(Br)c1C. The predicted molar refractivity (Wildman–Crippen MR) is 72.3 cm³/mol. The second-order valence-corrected chi connectivity index (χ2v) is 4.59. The number of halogens is 1. The highest BCUT2D eigenvalue weighted by molar-refractivity contribution is 9.10. The summed E-state index contributed by atoms with van der Waals surface area (Å²) in [7, 11) is 1.67. The van der Waals surface area contributed by atoms with Crippen LogP contribution in [0.2, 0.25) is 0 Å². The van der Waals surface area contributed by atoms with Gasteiger partial charge in [-0.25, -0.2) is 0 Å². The number of aryl methyl sites for hydroxylation is 1. The highest BCUT2D eigenvalue weighted by Crippen LogP contribution is 2.30. The first-order chi connectivity index (χ1) is 8.17. The smallest absolute Gasteiger partial charge is 0.118 e. The van der Waals surface area contributed by atoms with Gasteiger partial charge in [-0.1, -0.05) is 0 Å². The topological polar surface area (TPSA) is 27.1 Å². The third-order valence-electron chi connectivity index (χ3n) is 2.80. The maximum atomic E-state index is 5.15. The first kappa shape index (κ1) is 12.2. The molecule has 0 amide bonds. The van der Waals surface area contributed by atoms with Gasteiger partial charge in [-0.05, 0) is 54.0 Å². The fourth-order valence-electron chi connectivity index (χ4n) is 1.77. The van der Waals surface area contributed by atoms with Crippen LogP contribution in [0.3, 0.4) is 0 Å². The van der Waals surface area contributed by atoms with Gasteiger partial charge in [0.15, 0.2) is 0 Å². The summed E-state index contributed by atoms with van der Waals surface area (Å²) < 4.78 is 8.20. The number of ether oxygens (including phenoxy) is 1. The van der Waals surface area contributed by atoms with Crippen molar-refractivity contribution in [3.8, 4) is 17.0 Å². The highest BCUT2D eigenvalue weighted by Gasteiger charge is 2.12. The molecule has 0 N–H and O–H groups in total. The summed E-state index contributed by atoms with van der Waals surface area (Å²) >= 11 is 3.60. The standard InChI is InChI=1S/C13H15BrN2O/c1-4-16-9(2)12(14)13(15-16)10-5-7-11(17-3)8-6-10/h5-8H,4H2,1-3H3. The molecule has 3 nitrogen and oxygen atoms in total. The molecule has 0 fully saturated rings. The van der Waals surface area contributed by atoms with Crippen LogP contribution in [-0.4, -0.2) is 16.9 Å². The second kappa shape index (κ2) is 4.92. The van der Waals surface area contributed by atoms with Gasteiger partial charge in [0.05, 0.1) is 17.3 Å². The Hall–Kier alpha value is -1.29. The minimum absolute atomic E-state index is 0.858. The van der Waals surface area contributed by atoms with Crippen LogP contribution in [0, 0.1) is 6.92 Å². The fraction of sp³-hybridized carbons (Fsp3) is 0.308. The maximum absolute atomic E-state index is 5.15. The van der Waals surface area contributed by atoms with E-state index in [0.29, 0.717) is 0 Å². The van der Waals surface area contributed by atoms with E-state index in [9.17, 15) is 0 Å². The third kappa shape index (κ3) is 2.22. The number of aromatic nitrogens is 2. The number of hydrogen-bond acceptors (Lipinski definition) is 2. The van der Waals surface area contributed by atoms with Crippen molar-refractivity contribution >= 4 is 15.9 Å². The molecule has 1 aromatic carbocycles. The summed E-state index contributed by atoms with van der Waals surface area (Å²) in [5.74, 6) is 0.858. The van der Waals surface area contributed by atoms with Crippen LogP contribution in [-0.2, 0) is 6.54 Å². The lowest BCUT2D eigenvalue weighted by atomic mass is 10.1. The minimum atomic E-state index is 0.858. The van der Waals surface area contributed by atoms with Crippen molar-refractivity contribution in [2.24, 2.45) is 0 Å². The van der Waals surface area contributed by atoms with Crippen molar-refractivity contribution in [3.05, 3.63) is 34.4 Å². The van der Waals surface area contributed by atoms with Crippen LogP contribution in [0.25, 0.3) is 11.3 Å². The summed E-state index contributed by atoms with van der Waals surface area (Å²) in [6.07, 6.45) is 0. The Morgan fingerprint density at radius 3 is 2.41 bits per heavy atom. The molecule has 0 aliphatic carbocycles. The van der Waals surface area contributed by atoms with E-state index in [2.05, 4.69) is 34.9 Å². The lowest BCUT2D eigenvalue weighted by Gasteiger charge is -2.01. The van der Waals surface area contributed by atoms with Crippen molar-refractivity contribution in [3.63, 3.8) is 0 Å². The van der Waals surface area contributed by atoms with E-state index in [1.165, 1.54) is 0 Å². The van der Waals surface area contributed by atoms with Gasteiger partial charge in [0, 0.05) is 12.1 Å². The molecule has 0 radical (unpaired) electrons. The average Bonchev–Trinajstić information content (AvgIpc) is 2.66. The third-order valence-corrected chi connectivity index (χ3v) is 3.75. The molecule has 0 bridgehead atoms. The Bertz CT molecular complexity index is 517. The summed E-state index contributed by atoms with van der Waals surface area (Å²) in [5.41, 5.74) is 3.22. The first-order valence-electron chi connectivity index (χ1n) is 5.54. The molecular weight excluding hydrogens is 280 g/mol. The Morgan fingerprint density at radius 1 is 1.29 bits per heavy atom. The molecule has 0 spiro atoms. The van der Waals surface area contributed by atoms with Crippen molar-refractivity contribution in [1.82, 2.24) is 9.78 Å². The van der Waals surface area contributed by atoms with Crippen molar-refractivity contribution < 1.29 is 4.74 Å². The average molecular weight is 295 g/mol. The van der Waals surface area contributed by atoms with E-state index in [4.69, 9.17) is 4.74 Å². The lowest BCUT2D eigenvalue weighted by Crippen LogP contribution is -1.98. The molecule has 2 rings (SSSR count). The number of benzene rings is 1. The summed E-state index contributed by atoms with van der Waals surface area (Å²) in [4.78, 5) is 0. The first-order valence-corrected chi connectivity index (χ1v) is 6.34. The number of methoxy groups -OCH3 is 1. The molecule has 0 saturated carbocycles. The Kier molecular flexibility index (Phi) is 3.52. The van der Waals surface area contributed by atoms with Gasteiger partial charge < -0.3 is 4.74 Å². The lowest BCUT2D eigenvalue weighted by molar-refractivity contribution is 0.415. The van der Waals surface area contributed by atoms with Gasteiger partial charge in [0.2, 0.25) is 0 Å². The van der Waals surface area contributed by atoms with Crippen LogP contribution in [0.15, 0.2) is 28.7 Å². The summed E-state index contributed by atoms with van der Waals surface area (Å²) in [6, 6.07) is 7.93. The van der Waals surface area contributed by atoms with E-state index in [0.717, 1.165) is 33.7 Å². The largest absolute Gasteiger partial charge is 0.497 e. The molecular formula is C13H15BrN2O. The van der Waals surface area contributed by atoms with E-state index in [1.54, 1.807) is 7.11 Å². The van der Waals surface area contributed by atoms with Gasteiger partial charge >= 0.3 is 0 Å². The minimum Gasteiger partial charge on any atom is -0.497 e. The zero-order chi connectivity index (χ0) is 12.4. The Balaban J connectivity index is 2.45. The zero-order valence-corrected chi connectivity index (χ0v) is 11.8. The normalized spacial score (nSPS) is 10.6. The highest BCUT2D eigenvalue weighted by atomic mass is 79.9. The predicted octanol–water partition coefficient (Wildman–Crippen LogP) is 3.65. The zero-order valence-electron chi connectivity index (χ0n) is 10.2. The van der Waals surface area contributed by atoms with Gasteiger partial charge in [0.25, 0.3) is 0 Å². The quantitative estimate of drug-likeness (QED) is 0.864. The Labute approximate surface area is 110 Å². The fourth-order valence-corrected chi connectivity index (χ4v) is 2.28. The van der Waals surface area contributed by atoms with Crippen LogP contribution in [0.1, 0.15) is 12.6 Å².